The highest BCUT2D eigenvalue weighted by Gasteiger charge is 2.20. The van der Waals surface area contributed by atoms with Crippen LogP contribution in [0.25, 0.3) is 0 Å². The molecule has 0 aromatic heterocycles. The fourth-order valence-corrected chi connectivity index (χ4v) is 2.09. The van der Waals surface area contributed by atoms with Crippen LogP contribution in [0.3, 0.4) is 0 Å². The molecule has 21 heavy (non-hydrogen) atoms. The first-order valence-corrected chi connectivity index (χ1v) is 6.73. The molecule has 0 aliphatic rings. The van der Waals surface area contributed by atoms with Gasteiger partial charge in [0.25, 0.3) is 11.6 Å². The van der Waals surface area contributed by atoms with Crippen LogP contribution >= 0.6 is 11.6 Å². The van der Waals surface area contributed by atoms with E-state index in [9.17, 15) is 14.9 Å². The second-order valence-electron chi connectivity index (χ2n) is 4.43. The fraction of sp³-hybridized carbons (Fsp3) is 0.133. The SMILES string of the molecule is CCc1cccc(NC(=O)c2cc(Cl)ccc2[N+](=O)[O-])c1. The van der Waals surface area contributed by atoms with E-state index in [1.165, 1.54) is 18.2 Å². The molecule has 0 heterocycles. The molecule has 0 aliphatic carbocycles. The third-order valence-corrected chi connectivity index (χ3v) is 3.23. The number of anilines is 1. The van der Waals surface area contributed by atoms with Gasteiger partial charge in [-0.15, -0.1) is 0 Å². The molecule has 0 bridgehead atoms. The highest BCUT2D eigenvalue weighted by atomic mass is 35.5. The maximum Gasteiger partial charge on any atom is 0.282 e. The predicted molar refractivity (Wildman–Crippen MR) is 81.9 cm³/mol. The maximum atomic E-state index is 12.2. The van der Waals surface area contributed by atoms with Gasteiger partial charge < -0.3 is 5.32 Å². The van der Waals surface area contributed by atoms with Crippen molar-refractivity contribution in [3.8, 4) is 0 Å². The van der Waals surface area contributed by atoms with Crippen molar-refractivity contribution in [1.82, 2.24) is 0 Å². The number of aryl methyl sites for hydroxylation is 1. The summed E-state index contributed by atoms with van der Waals surface area (Å²) in [7, 11) is 0. The van der Waals surface area contributed by atoms with Gasteiger partial charge in [-0.2, -0.15) is 0 Å². The minimum absolute atomic E-state index is 0.0607. The number of hydrogen-bond donors (Lipinski definition) is 1. The van der Waals surface area contributed by atoms with E-state index in [1.807, 2.05) is 25.1 Å². The van der Waals surface area contributed by atoms with Crippen LogP contribution in [0.5, 0.6) is 0 Å². The lowest BCUT2D eigenvalue weighted by atomic mass is 10.1. The quantitative estimate of drug-likeness (QED) is 0.683. The Kier molecular flexibility index (Phi) is 4.55. The van der Waals surface area contributed by atoms with Crippen molar-refractivity contribution in [3.63, 3.8) is 0 Å². The Hall–Kier alpha value is -2.40. The van der Waals surface area contributed by atoms with E-state index in [2.05, 4.69) is 5.32 Å². The number of nitro groups is 1. The molecule has 2 aromatic rings. The number of nitrogens with zero attached hydrogens (tertiary/aromatic N) is 1. The number of nitrogens with one attached hydrogen (secondary N) is 1. The van der Waals surface area contributed by atoms with Gasteiger partial charge in [-0.3, -0.25) is 14.9 Å². The zero-order chi connectivity index (χ0) is 15.4. The molecule has 0 radical (unpaired) electrons. The molecule has 108 valence electrons. The van der Waals surface area contributed by atoms with Crippen LogP contribution in [0.2, 0.25) is 5.02 Å². The molecule has 0 unspecified atom stereocenters. The summed E-state index contributed by atoms with van der Waals surface area (Å²) in [5.74, 6) is -0.558. The number of halogens is 1. The Morgan fingerprint density at radius 3 is 2.71 bits per heavy atom. The molecule has 0 spiro atoms. The molecule has 1 N–H and O–H groups in total. The summed E-state index contributed by atoms with van der Waals surface area (Å²) in [6, 6.07) is 11.2. The molecular formula is C15H13ClN2O3. The number of hydrogen-bond acceptors (Lipinski definition) is 3. The maximum absolute atomic E-state index is 12.2. The van der Waals surface area contributed by atoms with Crippen LogP contribution in [0.4, 0.5) is 11.4 Å². The minimum Gasteiger partial charge on any atom is -0.322 e. The molecule has 2 rings (SSSR count). The molecular weight excluding hydrogens is 292 g/mol. The number of nitro benzene ring substituents is 1. The van der Waals surface area contributed by atoms with Gasteiger partial charge >= 0.3 is 0 Å². The lowest BCUT2D eigenvalue weighted by molar-refractivity contribution is -0.385. The summed E-state index contributed by atoms with van der Waals surface area (Å²) in [5, 5.41) is 13.9. The van der Waals surface area contributed by atoms with Crippen molar-refractivity contribution in [2.75, 3.05) is 5.32 Å². The Balaban J connectivity index is 2.31. The number of amides is 1. The number of benzene rings is 2. The summed E-state index contributed by atoms with van der Waals surface area (Å²) < 4.78 is 0. The van der Waals surface area contributed by atoms with Crippen LogP contribution < -0.4 is 5.32 Å². The van der Waals surface area contributed by atoms with Crippen LogP contribution in [0.15, 0.2) is 42.5 Å². The molecule has 0 fully saturated rings. The van der Waals surface area contributed by atoms with E-state index in [-0.39, 0.29) is 16.3 Å². The van der Waals surface area contributed by atoms with E-state index >= 15 is 0 Å². The average molecular weight is 305 g/mol. The molecule has 2 aromatic carbocycles. The van der Waals surface area contributed by atoms with Gasteiger partial charge in [0.2, 0.25) is 0 Å². The number of rotatable bonds is 4. The van der Waals surface area contributed by atoms with Gasteiger partial charge in [-0.1, -0.05) is 30.7 Å². The Bertz CT molecular complexity index is 701. The average Bonchev–Trinajstić information content (AvgIpc) is 2.47. The summed E-state index contributed by atoms with van der Waals surface area (Å²) in [6.07, 6.45) is 0.834. The minimum atomic E-state index is -0.603. The molecule has 0 saturated heterocycles. The smallest absolute Gasteiger partial charge is 0.282 e. The topological polar surface area (TPSA) is 72.2 Å². The van der Waals surface area contributed by atoms with Gasteiger partial charge in [-0.05, 0) is 36.2 Å². The molecule has 6 heteroatoms. The standard InChI is InChI=1S/C15H13ClN2O3/c1-2-10-4-3-5-12(8-10)17-15(19)13-9-11(16)6-7-14(13)18(20)21/h3-9H,2H2,1H3,(H,17,19). The third kappa shape index (κ3) is 3.58. The van der Waals surface area contributed by atoms with Gasteiger partial charge in [0.15, 0.2) is 0 Å². The lowest BCUT2D eigenvalue weighted by Gasteiger charge is -2.07. The van der Waals surface area contributed by atoms with Gasteiger partial charge in [-0.25, -0.2) is 0 Å². The summed E-state index contributed by atoms with van der Waals surface area (Å²) >= 11 is 5.81. The van der Waals surface area contributed by atoms with Crippen LogP contribution in [-0.2, 0) is 6.42 Å². The molecule has 1 amide bonds. The van der Waals surface area contributed by atoms with Crippen molar-refractivity contribution in [3.05, 3.63) is 68.7 Å². The van der Waals surface area contributed by atoms with Crippen LogP contribution in [0.1, 0.15) is 22.8 Å². The fourth-order valence-electron chi connectivity index (χ4n) is 1.92. The highest BCUT2D eigenvalue weighted by molar-refractivity contribution is 6.31. The van der Waals surface area contributed by atoms with Crippen LogP contribution in [0, 0.1) is 10.1 Å². The molecule has 5 nitrogen and oxygen atoms in total. The Morgan fingerprint density at radius 1 is 1.29 bits per heavy atom. The molecule has 0 aliphatic heterocycles. The largest absolute Gasteiger partial charge is 0.322 e. The zero-order valence-electron chi connectivity index (χ0n) is 11.3. The normalized spacial score (nSPS) is 10.2. The Labute approximate surface area is 126 Å². The van der Waals surface area contributed by atoms with Crippen molar-refractivity contribution >= 4 is 28.9 Å². The van der Waals surface area contributed by atoms with Gasteiger partial charge in [0, 0.05) is 16.8 Å². The predicted octanol–water partition coefficient (Wildman–Crippen LogP) is 4.06. The first-order chi connectivity index (χ1) is 10.0. The van der Waals surface area contributed by atoms with Crippen molar-refractivity contribution < 1.29 is 9.72 Å². The summed E-state index contributed by atoms with van der Waals surface area (Å²) in [5.41, 5.74) is 1.32. The second-order valence-corrected chi connectivity index (χ2v) is 4.86. The van der Waals surface area contributed by atoms with E-state index in [0.29, 0.717) is 5.69 Å². The number of carbonyl (C=O) groups excluding carboxylic acids is 1. The molecule has 0 saturated carbocycles. The molecule has 0 atom stereocenters. The second kappa shape index (κ2) is 6.37. The number of carbonyl (C=O) groups is 1. The zero-order valence-corrected chi connectivity index (χ0v) is 12.1. The van der Waals surface area contributed by atoms with E-state index in [4.69, 9.17) is 11.6 Å². The van der Waals surface area contributed by atoms with Gasteiger partial charge in [0.05, 0.1) is 4.92 Å². The van der Waals surface area contributed by atoms with Crippen molar-refractivity contribution in [2.45, 2.75) is 13.3 Å². The van der Waals surface area contributed by atoms with E-state index in [1.54, 1.807) is 6.07 Å². The Morgan fingerprint density at radius 2 is 2.05 bits per heavy atom. The summed E-state index contributed by atoms with van der Waals surface area (Å²) in [4.78, 5) is 22.6. The van der Waals surface area contributed by atoms with E-state index in [0.717, 1.165) is 12.0 Å². The third-order valence-electron chi connectivity index (χ3n) is 2.99. The van der Waals surface area contributed by atoms with Crippen LogP contribution in [-0.4, -0.2) is 10.8 Å². The first kappa shape index (κ1) is 15.0. The lowest BCUT2D eigenvalue weighted by Crippen LogP contribution is -2.14. The highest BCUT2D eigenvalue weighted by Crippen LogP contribution is 2.24. The van der Waals surface area contributed by atoms with Crippen molar-refractivity contribution in [2.24, 2.45) is 0 Å². The van der Waals surface area contributed by atoms with E-state index < -0.39 is 10.8 Å². The first-order valence-electron chi connectivity index (χ1n) is 6.35. The van der Waals surface area contributed by atoms with Crippen molar-refractivity contribution in [1.29, 1.82) is 0 Å². The monoisotopic (exact) mass is 304 g/mol. The van der Waals surface area contributed by atoms with Gasteiger partial charge in [0.1, 0.15) is 5.56 Å². The summed E-state index contributed by atoms with van der Waals surface area (Å²) in [6.45, 7) is 2.00.